The Bertz CT molecular complexity index is 522. The molecule has 1 unspecified atom stereocenters. The van der Waals surface area contributed by atoms with Crippen LogP contribution in [0, 0.1) is 0 Å². The minimum atomic E-state index is -4.49. The fourth-order valence-electron chi connectivity index (χ4n) is 2.57. The molecule has 1 aliphatic heterocycles. The van der Waals surface area contributed by atoms with E-state index in [9.17, 15) is 18.0 Å². The Morgan fingerprint density at radius 1 is 1.50 bits per heavy atom. The van der Waals surface area contributed by atoms with Crippen LogP contribution in [0.1, 0.15) is 18.0 Å². The number of nitrogens with zero attached hydrogens (tertiary/aromatic N) is 2. The Hall–Kier alpha value is -2.07. The van der Waals surface area contributed by atoms with Crippen molar-refractivity contribution < 1.29 is 23.1 Å². The van der Waals surface area contributed by atoms with Crippen LogP contribution < -0.4 is 16.6 Å². The molecule has 22 heavy (non-hydrogen) atoms. The molecule has 1 aliphatic rings. The summed E-state index contributed by atoms with van der Waals surface area (Å²) in [5, 5.41) is 10.9. The minimum absolute atomic E-state index is 0.00658. The molecule has 122 valence electrons. The summed E-state index contributed by atoms with van der Waals surface area (Å²) in [6.07, 6.45) is -4.28. The average Bonchev–Trinajstić information content (AvgIpc) is 2.85. The van der Waals surface area contributed by atoms with E-state index in [1.807, 2.05) is 0 Å². The quantitative estimate of drug-likeness (QED) is 0.493. The van der Waals surface area contributed by atoms with Crippen LogP contribution in [0.3, 0.4) is 0 Å². The zero-order chi connectivity index (χ0) is 16.3. The van der Waals surface area contributed by atoms with Crippen LogP contribution in [0.2, 0.25) is 0 Å². The molecular formula is C12H16F3N5O2. The van der Waals surface area contributed by atoms with Gasteiger partial charge in [-0.2, -0.15) is 13.2 Å². The van der Waals surface area contributed by atoms with Crippen molar-refractivity contribution in [3.05, 3.63) is 23.9 Å². The van der Waals surface area contributed by atoms with Gasteiger partial charge in [0, 0.05) is 25.3 Å². The van der Waals surface area contributed by atoms with Crippen LogP contribution in [0.15, 0.2) is 18.3 Å². The van der Waals surface area contributed by atoms with Gasteiger partial charge in [-0.25, -0.2) is 15.6 Å². The first-order valence-corrected chi connectivity index (χ1v) is 6.54. The molecule has 1 fully saturated rings. The van der Waals surface area contributed by atoms with E-state index < -0.39 is 24.4 Å². The number of nitrogens with one attached hydrogen (secondary N) is 2. The molecule has 0 radical (unpaired) electrons. The summed E-state index contributed by atoms with van der Waals surface area (Å²) < 4.78 is 40.1. The molecule has 1 saturated heterocycles. The molecule has 1 amide bonds. The Morgan fingerprint density at radius 2 is 2.23 bits per heavy atom. The molecule has 2 heterocycles. The largest absolute Gasteiger partial charge is 0.465 e. The lowest BCUT2D eigenvalue weighted by molar-refractivity contribution is -0.183. The van der Waals surface area contributed by atoms with Crippen molar-refractivity contribution in [3.8, 4) is 0 Å². The minimum Gasteiger partial charge on any atom is -0.465 e. The highest BCUT2D eigenvalue weighted by atomic mass is 19.4. The highest BCUT2D eigenvalue weighted by molar-refractivity contribution is 5.64. The number of halogens is 3. The van der Waals surface area contributed by atoms with Crippen molar-refractivity contribution in [1.29, 1.82) is 0 Å². The number of pyridine rings is 1. The Kier molecular flexibility index (Phi) is 4.71. The summed E-state index contributed by atoms with van der Waals surface area (Å²) >= 11 is 0. The van der Waals surface area contributed by atoms with Gasteiger partial charge < -0.3 is 15.8 Å². The summed E-state index contributed by atoms with van der Waals surface area (Å²) in [5.41, 5.74) is 2.24. The summed E-state index contributed by atoms with van der Waals surface area (Å²) in [4.78, 5) is 15.6. The van der Waals surface area contributed by atoms with Crippen molar-refractivity contribution >= 4 is 11.9 Å². The van der Waals surface area contributed by atoms with Crippen molar-refractivity contribution in [1.82, 2.24) is 15.2 Å². The molecule has 1 aromatic rings. The molecular weight excluding hydrogens is 303 g/mol. The third-order valence-electron chi connectivity index (χ3n) is 3.47. The highest BCUT2D eigenvalue weighted by Gasteiger charge is 2.47. The first kappa shape index (κ1) is 16.3. The number of nitrogen functional groups attached to an aromatic ring is 1. The van der Waals surface area contributed by atoms with Crippen molar-refractivity contribution in [2.45, 2.75) is 24.7 Å². The summed E-state index contributed by atoms with van der Waals surface area (Å²) in [7, 11) is 0. The van der Waals surface area contributed by atoms with E-state index in [4.69, 9.17) is 10.9 Å². The van der Waals surface area contributed by atoms with E-state index in [1.54, 1.807) is 0 Å². The van der Waals surface area contributed by atoms with E-state index in [0.717, 1.165) is 6.20 Å². The molecule has 0 aromatic carbocycles. The van der Waals surface area contributed by atoms with Crippen LogP contribution in [0.4, 0.5) is 23.8 Å². The van der Waals surface area contributed by atoms with Gasteiger partial charge in [-0.15, -0.1) is 0 Å². The average molecular weight is 319 g/mol. The van der Waals surface area contributed by atoms with E-state index in [1.165, 1.54) is 17.0 Å². The first-order chi connectivity index (χ1) is 10.3. The van der Waals surface area contributed by atoms with Gasteiger partial charge in [0.1, 0.15) is 11.9 Å². The van der Waals surface area contributed by atoms with Crippen LogP contribution in [-0.4, -0.2) is 46.4 Å². The Morgan fingerprint density at radius 3 is 2.73 bits per heavy atom. The Labute approximate surface area is 124 Å². The molecule has 5 N–H and O–H groups in total. The predicted molar refractivity (Wildman–Crippen MR) is 72.0 cm³/mol. The number of alkyl halides is 3. The van der Waals surface area contributed by atoms with Gasteiger partial charge in [0.25, 0.3) is 0 Å². The molecule has 0 aliphatic carbocycles. The number of carboxylic acid groups (broad SMARTS) is 1. The van der Waals surface area contributed by atoms with E-state index in [-0.39, 0.29) is 24.5 Å². The van der Waals surface area contributed by atoms with E-state index in [2.05, 4.69) is 15.7 Å². The number of hydrogen-bond donors (Lipinski definition) is 4. The third kappa shape index (κ3) is 3.77. The number of carbonyl (C=O) groups is 1. The molecule has 0 saturated carbocycles. The molecule has 10 heteroatoms. The fourth-order valence-corrected chi connectivity index (χ4v) is 2.57. The van der Waals surface area contributed by atoms with Gasteiger partial charge in [-0.1, -0.05) is 6.07 Å². The second-order valence-electron chi connectivity index (χ2n) is 5.00. The summed E-state index contributed by atoms with van der Waals surface area (Å²) in [6, 6.07) is 0.322. The highest BCUT2D eigenvalue weighted by Crippen LogP contribution is 2.39. The summed E-state index contributed by atoms with van der Waals surface area (Å²) in [6.45, 7) is 0.138. The van der Waals surface area contributed by atoms with Crippen LogP contribution >= 0.6 is 0 Å². The van der Waals surface area contributed by atoms with Gasteiger partial charge >= 0.3 is 12.3 Å². The van der Waals surface area contributed by atoms with Gasteiger partial charge in [-0.05, 0) is 18.1 Å². The SMILES string of the molecule is NNc1ccc([C@@H](N2CCC(NC(=O)O)C2)C(F)(F)F)cn1. The first-order valence-electron chi connectivity index (χ1n) is 6.54. The number of anilines is 1. The molecule has 7 nitrogen and oxygen atoms in total. The zero-order valence-electron chi connectivity index (χ0n) is 11.5. The van der Waals surface area contributed by atoms with Gasteiger partial charge in [0.2, 0.25) is 0 Å². The maximum absolute atomic E-state index is 13.4. The maximum atomic E-state index is 13.4. The monoisotopic (exact) mass is 319 g/mol. The number of hydrazine groups is 1. The molecule has 2 rings (SSSR count). The molecule has 2 atom stereocenters. The molecule has 0 bridgehead atoms. The Balaban J connectivity index is 2.18. The molecule has 0 spiro atoms. The third-order valence-corrected chi connectivity index (χ3v) is 3.47. The lowest BCUT2D eigenvalue weighted by atomic mass is 10.1. The fraction of sp³-hybridized carbons (Fsp3) is 0.500. The van der Waals surface area contributed by atoms with Crippen LogP contribution in [-0.2, 0) is 0 Å². The van der Waals surface area contributed by atoms with E-state index >= 15 is 0 Å². The number of aromatic nitrogens is 1. The van der Waals surface area contributed by atoms with Crippen molar-refractivity contribution in [2.24, 2.45) is 5.84 Å². The lowest BCUT2D eigenvalue weighted by Gasteiger charge is -2.30. The predicted octanol–water partition coefficient (Wildman–Crippen LogP) is 1.31. The van der Waals surface area contributed by atoms with Crippen molar-refractivity contribution in [3.63, 3.8) is 0 Å². The standard InChI is InChI=1S/C12H16F3N5O2/c13-12(14,15)10(7-1-2-9(19-16)17-5-7)20-4-3-8(6-20)18-11(21)22/h1-2,5,8,10,18H,3-4,6,16H2,(H,17,19)(H,21,22)/t8?,10-/m1/s1. The van der Waals surface area contributed by atoms with Gasteiger partial charge in [0.05, 0.1) is 0 Å². The number of rotatable bonds is 4. The lowest BCUT2D eigenvalue weighted by Crippen LogP contribution is -2.40. The topological polar surface area (TPSA) is 104 Å². The van der Waals surface area contributed by atoms with Crippen molar-refractivity contribution in [2.75, 3.05) is 18.5 Å². The normalized spacial score (nSPS) is 20.6. The molecule has 1 aromatic heterocycles. The van der Waals surface area contributed by atoms with Gasteiger partial charge in [-0.3, -0.25) is 4.90 Å². The van der Waals surface area contributed by atoms with Gasteiger partial charge in [0.15, 0.2) is 0 Å². The van der Waals surface area contributed by atoms with Crippen LogP contribution in [0.5, 0.6) is 0 Å². The van der Waals surface area contributed by atoms with Crippen LogP contribution in [0.25, 0.3) is 0 Å². The second-order valence-corrected chi connectivity index (χ2v) is 5.00. The zero-order valence-corrected chi connectivity index (χ0v) is 11.5. The maximum Gasteiger partial charge on any atom is 0.408 e. The number of amides is 1. The number of hydrogen-bond acceptors (Lipinski definition) is 5. The second kappa shape index (κ2) is 6.36. The summed E-state index contributed by atoms with van der Waals surface area (Å²) in [5.74, 6) is 5.40. The number of nitrogens with two attached hydrogens (primary N) is 1. The van der Waals surface area contributed by atoms with E-state index in [0.29, 0.717) is 6.42 Å². The smallest absolute Gasteiger partial charge is 0.408 e. The number of likely N-dealkylation sites (tertiary alicyclic amines) is 1.